The molecule has 0 radical (unpaired) electrons. The molecule has 0 bridgehead atoms. The number of fused-ring (bicyclic) bond motifs is 1. The number of alkyl halides is 3. The van der Waals surface area contributed by atoms with E-state index in [4.69, 9.17) is 10.3 Å². The molecule has 0 aromatic heterocycles. The molecule has 0 amide bonds. The Morgan fingerprint density at radius 2 is 2.15 bits per heavy atom. The van der Waals surface area contributed by atoms with Crippen molar-refractivity contribution in [2.75, 3.05) is 6.61 Å². The van der Waals surface area contributed by atoms with Crippen molar-refractivity contribution < 1.29 is 30.5 Å². The van der Waals surface area contributed by atoms with Crippen LogP contribution >= 0.6 is 0 Å². The first-order chi connectivity index (χ1) is 9.24. The van der Waals surface area contributed by atoms with Gasteiger partial charge in [0.1, 0.15) is 24.1 Å². The molecule has 7 nitrogen and oxygen atoms in total. The number of ether oxygens (including phenoxy) is 1. The van der Waals surface area contributed by atoms with E-state index in [1.54, 1.807) is 0 Å². The van der Waals surface area contributed by atoms with Crippen LogP contribution in [0.25, 0.3) is 10.4 Å². The minimum Gasteiger partial charge on any atom is -0.492 e. The molecular weight excluding hydrogens is 303 g/mol. The molecule has 1 aliphatic rings. The summed E-state index contributed by atoms with van der Waals surface area (Å²) < 4.78 is 67.2. The summed E-state index contributed by atoms with van der Waals surface area (Å²) in [6, 6.07) is 2.69. The van der Waals surface area contributed by atoms with E-state index < -0.39 is 27.4 Å². The molecule has 1 atom stereocenters. The van der Waals surface area contributed by atoms with E-state index in [9.17, 15) is 21.6 Å². The summed E-state index contributed by atoms with van der Waals surface area (Å²) in [6.45, 7) is 0.0227. The first-order valence-corrected chi connectivity index (χ1v) is 6.47. The molecule has 0 N–H and O–H groups in total. The van der Waals surface area contributed by atoms with Crippen molar-refractivity contribution in [2.45, 2.75) is 11.6 Å². The predicted molar refractivity (Wildman–Crippen MR) is 59.4 cm³/mol. The second-order valence-electron chi connectivity index (χ2n) is 3.71. The Kier molecular flexibility index (Phi) is 3.40. The quantitative estimate of drug-likeness (QED) is 0.281. The van der Waals surface area contributed by atoms with Crippen molar-refractivity contribution >= 4 is 10.1 Å². The zero-order chi connectivity index (χ0) is 15.0. The highest BCUT2D eigenvalue weighted by atomic mass is 32.2. The Bertz CT molecular complexity index is 682. The van der Waals surface area contributed by atoms with Gasteiger partial charge < -0.3 is 8.92 Å². The van der Waals surface area contributed by atoms with Crippen molar-refractivity contribution in [2.24, 2.45) is 5.11 Å². The third-order valence-electron chi connectivity index (χ3n) is 2.42. The second kappa shape index (κ2) is 4.76. The molecule has 20 heavy (non-hydrogen) atoms. The number of azide groups is 1. The van der Waals surface area contributed by atoms with E-state index in [1.165, 1.54) is 6.07 Å². The molecule has 108 valence electrons. The fourth-order valence-corrected chi connectivity index (χ4v) is 2.01. The van der Waals surface area contributed by atoms with Crippen LogP contribution in [0.1, 0.15) is 11.6 Å². The minimum atomic E-state index is -5.73. The van der Waals surface area contributed by atoms with Crippen molar-refractivity contribution in [1.82, 2.24) is 0 Å². The van der Waals surface area contributed by atoms with Crippen LogP contribution in [0, 0.1) is 0 Å². The molecule has 0 saturated heterocycles. The van der Waals surface area contributed by atoms with Gasteiger partial charge in [0.2, 0.25) is 0 Å². The Morgan fingerprint density at radius 3 is 2.75 bits per heavy atom. The molecule has 1 unspecified atom stereocenters. The van der Waals surface area contributed by atoms with Crippen LogP contribution in [-0.2, 0) is 10.1 Å². The zero-order valence-electron chi connectivity index (χ0n) is 9.53. The van der Waals surface area contributed by atoms with Gasteiger partial charge in [0.25, 0.3) is 0 Å². The predicted octanol–water partition coefficient (Wildman–Crippen LogP) is 2.66. The number of rotatable bonds is 3. The summed E-state index contributed by atoms with van der Waals surface area (Å²) in [5.41, 5.74) is 3.25. The summed E-state index contributed by atoms with van der Waals surface area (Å²) >= 11 is 0. The lowest BCUT2D eigenvalue weighted by Gasteiger charge is -2.10. The highest BCUT2D eigenvalue weighted by Gasteiger charge is 2.48. The lowest BCUT2D eigenvalue weighted by Crippen LogP contribution is -2.28. The van der Waals surface area contributed by atoms with Crippen LogP contribution in [0.3, 0.4) is 0 Å². The fourth-order valence-electron chi connectivity index (χ4n) is 1.56. The minimum absolute atomic E-state index is 0.0227. The average Bonchev–Trinajstić information content (AvgIpc) is 2.70. The number of halogens is 3. The third-order valence-corrected chi connectivity index (χ3v) is 3.40. The lowest BCUT2D eigenvalue weighted by atomic mass is 10.1. The van der Waals surface area contributed by atoms with Crippen molar-refractivity contribution in [3.05, 3.63) is 34.2 Å². The van der Waals surface area contributed by atoms with E-state index in [0.717, 1.165) is 12.1 Å². The summed E-state index contributed by atoms with van der Waals surface area (Å²) in [5.74, 6) is -0.431. The Labute approximate surface area is 110 Å². The number of hydrogen-bond donors (Lipinski definition) is 0. The van der Waals surface area contributed by atoms with Gasteiger partial charge in [0, 0.05) is 16.5 Å². The first-order valence-electron chi connectivity index (χ1n) is 5.06. The van der Waals surface area contributed by atoms with Crippen LogP contribution in [-0.4, -0.2) is 20.5 Å². The van der Waals surface area contributed by atoms with E-state index in [1.807, 2.05) is 0 Å². The molecule has 2 rings (SSSR count). The van der Waals surface area contributed by atoms with Crippen molar-refractivity contribution in [3.63, 3.8) is 0 Å². The normalized spacial score (nSPS) is 17.9. The van der Waals surface area contributed by atoms with E-state index in [-0.39, 0.29) is 12.4 Å². The van der Waals surface area contributed by atoms with Gasteiger partial charge in [-0.05, 0) is 11.6 Å². The van der Waals surface area contributed by atoms with E-state index in [0.29, 0.717) is 5.56 Å². The standard InChI is InChI=1S/C9H6F3N3O4S/c10-9(11,12)20(16,17)19-5-1-2-6-7(14-15-13)4-18-8(6)3-5/h1-3,7H,4H2. The highest BCUT2D eigenvalue weighted by molar-refractivity contribution is 7.88. The number of nitrogens with zero attached hydrogens (tertiary/aromatic N) is 3. The molecule has 1 aromatic rings. The van der Waals surface area contributed by atoms with Gasteiger partial charge in [0.05, 0.1) is 0 Å². The van der Waals surface area contributed by atoms with Crippen molar-refractivity contribution in [1.29, 1.82) is 0 Å². The van der Waals surface area contributed by atoms with Gasteiger partial charge in [-0.3, -0.25) is 0 Å². The van der Waals surface area contributed by atoms with Crippen molar-refractivity contribution in [3.8, 4) is 11.5 Å². The highest BCUT2D eigenvalue weighted by Crippen LogP contribution is 2.38. The summed E-state index contributed by atoms with van der Waals surface area (Å²) in [7, 11) is -5.73. The maximum Gasteiger partial charge on any atom is 0.534 e. The Hall–Kier alpha value is -2.13. The van der Waals surface area contributed by atoms with Gasteiger partial charge in [-0.25, -0.2) is 0 Å². The molecule has 0 fully saturated rings. The summed E-state index contributed by atoms with van der Waals surface area (Å²) in [6.07, 6.45) is 0. The molecule has 1 heterocycles. The van der Waals surface area contributed by atoms with Gasteiger partial charge in [-0.15, -0.1) is 0 Å². The maximum absolute atomic E-state index is 12.2. The molecular formula is C9H6F3N3O4S. The van der Waals surface area contributed by atoms with Gasteiger partial charge in [-0.1, -0.05) is 11.2 Å². The van der Waals surface area contributed by atoms with E-state index in [2.05, 4.69) is 14.2 Å². The topological polar surface area (TPSA) is 101 Å². The van der Waals surface area contributed by atoms with Gasteiger partial charge >= 0.3 is 15.6 Å². The second-order valence-corrected chi connectivity index (χ2v) is 5.25. The van der Waals surface area contributed by atoms with Crippen LogP contribution in [0.5, 0.6) is 11.5 Å². The largest absolute Gasteiger partial charge is 0.534 e. The lowest BCUT2D eigenvalue weighted by molar-refractivity contribution is -0.0500. The number of hydrogen-bond acceptors (Lipinski definition) is 5. The zero-order valence-corrected chi connectivity index (χ0v) is 10.3. The summed E-state index contributed by atoms with van der Waals surface area (Å²) in [4.78, 5) is 2.60. The Morgan fingerprint density at radius 1 is 1.45 bits per heavy atom. The number of benzene rings is 1. The monoisotopic (exact) mass is 309 g/mol. The summed E-state index contributed by atoms with van der Waals surface area (Å²) in [5, 5.41) is 3.42. The SMILES string of the molecule is [N-]=[N+]=NC1COc2cc(OS(=O)(=O)C(F)(F)F)ccc21. The molecule has 0 saturated carbocycles. The molecule has 11 heteroatoms. The third kappa shape index (κ3) is 2.58. The molecule has 1 aromatic carbocycles. The van der Waals surface area contributed by atoms with Gasteiger partial charge in [-0.2, -0.15) is 21.6 Å². The smallest absolute Gasteiger partial charge is 0.492 e. The van der Waals surface area contributed by atoms with Crippen LogP contribution in [0.2, 0.25) is 0 Å². The maximum atomic E-state index is 12.2. The first kappa shape index (κ1) is 14.3. The van der Waals surface area contributed by atoms with Crippen LogP contribution in [0.4, 0.5) is 13.2 Å². The average molecular weight is 309 g/mol. The Balaban J connectivity index is 2.29. The molecule has 0 spiro atoms. The fraction of sp³-hybridized carbons (Fsp3) is 0.333. The van der Waals surface area contributed by atoms with Crippen LogP contribution in [0.15, 0.2) is 23.3 Å². The van der Waals surface area contributed by atoms with E-state index >= 15 is 0 Å². The van der Waals surface area contributed by atoms with Gasteiger partial charge in [0.15, 0.2) is 0 Å². The molecule has 0 aliphatic carbocycles. The van der Waals surface area contributed by atoms with Crippen LogP contribution < -0.4 is 8.92 Å². The molecule has 1 aliphatic heterocycles.